The van der Waals surface area contributed by atoms with Gasteiger partial charge in [0.25, 0.3) is 0 Å². The first-order valence-corrected chi connectivity index (χ1v) is 11.7. The van der Waals surface area contributed by atoms with Crippen molar-refractivity contribution in [3.63, 3.8) is 0 Å². The Balaban J connectivity index is 1.88. The van der Waals surface area contributed by atoms with Gasteiger partial charge in [-0.15, -0.1) is 23.5 Å². The van der Waals surface area contributed by atoms with Gasteiger partial charge in [0.05, 0.1) is 0 Å². The lowest BCUT2D eigenvalue weighted by atomic mass is 9.63. The van der Waals surface area contributed by atoms with E-state index in [4.69, 9.17) is 0 Å². The molecule has 4 rings (SSSR count). The van der Waals surface area contributed by atoms with Crippen LogP contribution in [-0.4, -0.2) is 11.5 Å². The summed E-state index contributed by atoms with van der Waals surface area (Å²) in [5.74, 6) is 2.45. The van der Waals surface area contributed by atoms with E-state index in [0.717, 1.165) is 0 Å². The van der Waals surface area contributed by atoms with Gasteiger partial charge in [-0.1, -0.05) is 75.7 Å². The van der Waals surface area contributed by atoms with Gasteiger partial charge in [-0.3, -0.25) is 0 Å². The van der Waals surface area contributed by atoms with E-state index < -0.39 is 0 Å². The number of hydrogen-bond acceptors (Lipinski definition) is 2. The Morgan fingerprint density at radius 2 is 1.23 bits per heavy atom. The molecule has 2 aromatic rings. The molecule has 0 amide bonds. The van der Waals surface area contributed by atoms with Crippen molar-refractivity contribution in [3.05, 3.63) is 70.3 Å². The average molecular weight is 383 g/mol. The minimum Gasteiger partial charge on any atom is -0.134 e. The number of thioether (sulfide) groups is 2. The highest BCUT2D eigenvalue weighted by Crippen LogP contribution is 2.57. The first-order valence-electron chi connectivity index (χ1n) is 9.75. The highest BCUT2D eigenvalue weighted by Gasteiger charge is 2.42. The van der Waals surface area contributed by atoms with Crippen LogP contribution in [0.15, 0.2) is 42.5 Å². The molecule has 0 bridgehead atoms. The van der Waals surface area contributed by atoms with Gasteiger partial charge in [0.1, 0.15) is 4.08 Å². The van der Waals surface area contributed by atoms with Gasteiger partial charge in [0, 0.05) is 11.5 Å². The van der Waals surface area contributed by atoms with Crippen molar-refractivity contribution in [2.75, 3.05) is 11.5 Å². The molecular weight excluding hydrogens is 352 g/mol. The van der Waals surface area contributed by atoms with E-state index in [0.29, 0.717) is 0 Å². The second kappa shape index (κ2) is 6.34. The standard InChI is InChI=1S/C24H30S2/c1-17-6-8-18(9-7-17)24(25-14-15-26-24)19-10-11-20-21(16-19)23(4,5)13-12-22(20,2)3/h6-11,16H,12-15H2,1-5H3. The third kappa shape index (κ3) is 2.94. The van der Waals surface area contributed by atoms with E-state index in [1.54, 1.807) is 11.1 Å². The van der Waals surface area contributed by atoms with Crippen LogP contribution >= 0.6 is 23.5 Å². The largest absolute Gasteiger partial charge is 0.134 e. The molecule has 2 heteroatoms. The summed E-state index contributed by atoms with van der Waals surface area (Å²) < 4.78 is 0.0560. The summed E-state index contributed by atoms with van der Waals surface area (Å²) in [5, 5.41) is 0. The summed E-state index contributed by atoms with van der Waals surface area (Å²) in [6.45, 7) is 11.9. The molecule has 0 atom stereocenters. The molecular formula is C24H30S2. The number of benzene rings is 2. The summed E-state index contributed by atoms with van der Waals surface area (Å²) in [6.07, 6.45) is 2.55. The monoisotopic (exact) mass is 382 g/mol. The molecule has 0 N–H and O–H groups in total. The minimum absolute atomic E-state index is 0.0560. The number of rotatable bonds is 2. The van der Waals surface area contributed by atoms with Crippen molar-refractivity contribution in [2.24, 2.45) is 0 Å². The average Bonchev–Trinajstić information content (AvgIpc) is 3.10. The Bertz CT molecular complexity index is 809. The third-order valence-electron chi connectivity index (χ3n) is 6.36. The molecule has 26 heavy (non-hydrogen) atoms. The maximum absolute atomic E-state index is 2.56. The lowest BCUT2D eigenvalue weighted by Gasteiger charge is -2.43. The number of aryl methyl sites for hydroxylation is 1. The van der Waals surface area contributed by atoms with Gasteiger partial charge < -0.3 is 0 Å². The summed E-state index contributed by atoms with van der Waals surface area (Å²) in [5.41, 5.74) is 7.96. The third-order valence-corrected chi connectivity index (χ3v) is 9.90. The predicted octanol–water partition coefficient (Wildman–Crippen LogP) is 7.03. The Morgan fingerprint density at radius 3 is 1.85 bits per heavy atom. The molecule has 1 heterocycles. The number of hydrogen-bond donors (Lipinski definition) is 0. The van der Waals surface area contributed by atoms with Crippen LogP contribution < -0.4 is 0 Å². The SMILES string of the molecule is Cc1ccc(C2(c3ccc4c(c3)C(C)(C)CCC4(C)C)SCCS2)cc1. The molecule has 1 saturated heterocycles. The quantitative estimate of drug-likeness (QED) is 0.547. The second-order valence-corrected chi connectivity index (χ2v) is 12.1. The molecule has 0 unspecified atom stereocenters. The number of fused-ring (bicyclic) bond motifs is 1. The van der Waals surface area contributed by atoms with Crippen LogP contribution in [0.4, 0.5) is 0 Å². The molecule has 1 fully saturated rings. The van der Waals surface area contributed by atoms with Gasteiger partial charge >= 0.3 is 0 Å². The maximum Gasteiger partial charge on any atom is 0.111 e. The van der Waals surface area contributed by atoms with Crippen molar-refractivity contribution in [2.45, 2.75) is 62.4 Å². The van der Waals surface area contributed by atoms with Crippen molar-refractivity contribution in [3.8, 4) is 0 Å². The van der Waals surface area contributed by atoms with E-state index >= 15 is 0 Å². The van der Waals surface area contributed by atoms with Crippen LogP contribution in [-0.2, 0) is 14.9 Å². The molecule has 2 aliphatic rings. The summed E-state index contributed by atoms with van der Waals surface area (Å²) in [4.78, 5) is 0. The Labute approximate surface area is 167 Å². The molecule has 0 saturated carbocycles. The van der Waals surface area contributed by atoms with Crippen molar-refractivity contribution < 1.29 is 0 Å². The van der Waals surface area contributed by atoms with Gasteiger partial charge in [0.2, 0.25) is 0 Å². The van der Waals surface area contributed by atoms with Crippen LogP contribution in [0.25, 0.3) is 0 Å². The first-order chi connectivity index (χ1) is 12.2. The Kier molecular flexibility index (Phi) is 4.51. The molecule has 0 nitrogen and oxygen atoms in total. The fourth-order valence-electron chi connectivity index (χ4n) is 4.48. The summed E-state index contributed by atoms with van der Waals surface area (Å²) in [6, 6.07) is 16.6. The predicted molar refractivity (Wildman–Crippen MR) is 119 cm³/mol. The Morgan fingerprint density at radius 1 is 0.692 bits per heavy atom. The fourth-order valence-corrected chi connectivity index (χ4v) is 7.75. The Hall–Kier alpha value is -0.860. The molecule has 0 radical (unpaired) electrons. The fraction of sp³-hybridized carbons (Fsp3) is 0.500. The summed E-state index contributed by atoms with van der Waals surface area (Å²) >= 11 is 4.23. The topological polar surface area (TPSA) is 0 Å². The zero-order chi connectivity index (χ0) is 18.6. The van der Waals surface area contributed by atoms with E-state index in [9.17, 15) is 0 Å². The molecule has 138 valence electrons. The van der Waals surface area contributed by atoms with Crippen LogP contribution in [0.1, 0.15) is 68.4 Å². The first kappa shape index (κ1) is 18.5. The molecule has 0 spiro atoms. The van der Waals surface area contributed by atoms with E-state index in [1.165, 1.54) is 41.0 Å². The van der Waals surface area contributed by atoms with Gasteiger partial charge in [-0.05, 0) is 52.8 Å². The van der Waals surface area contributed by atoms with Crippen LogP contribution in [0.2, 0.25) is 0 Å². The highest BCUT2D eigenvalue weighted by molar-refractivity contribution is 8.20. The zero-order valence-electron chi connectivity index (χ0n) is 16.7. The van der Waals surface area contributed by atoms with Crippen LogP contribution in [0.5, 0.6) is 0 Å². The molecule has 1 aliphatic heterocycles. The smallest absolute Gasteiger partial charge is 0.111 e. The molecule has 2 aromatic carbocycles. The lowest BCUT2D eigenvalue weighted by molar-refractivity contribution is 0.331. The van der Waals surface area contributed by atoms with E-state index in [2.05, 4.69) is 101 Å². The second-order valence-electron chi connectivity index (χ2n) is 9.21. The van der Waals surface area contributed by atoms with Crippen molar-refractivity contribution >= 4 is 23.5 Å². The van der Waals surface area contributed by atoms with Gasteiger partial charge in [-0.25, -0.2) is 0 Å². The van der Waals surface area contributed by atoms with Crippen molar-refractivity contribution in [1.29, 1.82) is 0 Å². The van der Waals surface area contributed by atoms with Gasteiger partial charge in [-0.2, -0.15) is 0 Å². The lowest BCUT2D eigenvalue weighted by Crippen LogP contribution is -2.34. The molecule has 0 aromatic heterocycles. The van der Waals surface area contributed by atoms with E-state index in [1.807, 2.05) is 0 Å². The highest BCUT2D eigenvalue weighted by atomic mass is 32.2. The minimum atomic E-state index is 0.0560. The van der Waals surface area contributed by atoms with Crippen molar-refractivity contribution in [1.82, 2.24) is 0 Å². The molecule has 1 aliphatic carbocycles. The van der Waals surface area contributed by atoms with E-state index in [-0.39, 0.29) is 14.9 Å². The van der Waals surface area contributed by atoms with Crippen LogP contribution in [0, 0.1) is 6.92 Å². The van der Waals surface area contributed by atoms with Crippen LogP contribution in [0.3, 0.4) is 0 Å². The maximum atomic E-state index is 2.56. The van der Waals surface area contributed by atoms with Gasteiger partial charge in [0.15, 0.2) is 0 Å². The summed E-state index contributed by atoms with van der Waals surface area (Å²) in [7, 11) is 0. The zero-order valence-corrected chi connectivity index (χ0v) is 18.3. The normalized spacial score (nSPS) is 22.8.